The Balaban J connectivity index is 1.69. The molecule has 2 heterocycles. The molecule has 19 heavy (non-hydrogen) atoms. The summed E-state index contributed by atoms with van der Waals surface area (Å²) in [6.07, 6.45) is 6.29. The second-order valence-electron chi connectivity index (χ2n) is 4.96. The van der Waals surface area contributed by atoms with Gasteiger partial charge in [0.25, 0.3) is 0 Å². The topological polar surface area (TPSA) is 39.1 Å². The van der Waals surface area contributed by atoms with Crippen molar-refractivity contribution in [3.8, 4) is 16.9 Å². The lowest BCUT2D eigenvalue weighted by molar-refractivity contribution is 0.277. The summed E-state index contributed by atoms with van der Waals surface area (Å²) in [5.74, 6) is 0.870. The number of nitrogens with zero attached hydrogens (tertiary/aromatic N) is 2. The van der Waals surface area contributed by atoms with Gasteiger partial charge in [-0.15, -0.1) is 0 Å². The van der Waals surface area contributed by atoms with E-state index in [-0.39, 0.29) is 0 Å². The summed E-state index contributed by atoms with van der Waals surface area (Å²) in [5.41, 5.74) is 2.17. The van der Waals surface area contributed by atoms with Crippen molar-refractivity contribution < 1.29 is 4.74 Å². The first-order valence-electron chi connectivity index (χ1n) is 6.67. The first kappa shape index (κ1) is 12.2. The zero-order valence-electron chi connectivity index (χ0n) is 11.1. The molecule has 1 aliphatic heterocycles. The molecule has 1 saturated heterocycles. The highest BCUT2D eigenvalue weighted by Crippen LogP contribution is 2.23. The van der Waals surface area contributed by atoms with Crippen molar-refractivity contribution in [2.24, 2.45) is 7.05 Å². The minimum absolute atomic E-state index is 0.488. The molecule has 0 bridgehead atoms. The molecule has 4 nitrogen and oxygen atoms in total. The van der Waals surface area contributed by atoms with Crippen molar-refractivity contribution in [2.75, 3.05) is 13.2 Å². The van der Waals surface area contributed by atoms with E-state index in [0.717, 1.165) is 30.0 Å². The average molecular weight is 256 g/mol. The van der Waals surface area contributed by atoms with Crippen LogP contribution >= 0.6 is 0 Å². The fraction of sp³-hybridized carbons (Fsp3) is 0.400. The van der Waals surface area contributed by atoms with Gasteiger partial charge in [0.1, 0.15) is 12.4 Å². The van der Waals surface area contributed by atoms with Crippen LogP contribution in [0.25, 0.3) is 11.1 Å². The van der Waals surface area contributed by atoms with Crippen molar-refractivity contribution in [3.05, 3.63) is 36.7 Å². The standard InChI is InChI=1S/C15H18N3O/c1-18-10-13(9-17-18)12-4-2-6-15(8-12)19-11-14-5-3-7-16-14/h4,6,8-10,14,16H,3,5,7,11H2,1H3/t14-/m1/s1. The van der Waals surface area contributed by atoms with Gasteiger partial charge in [-0.3, -0.25) is 4.68 Å². The van der Waals surface area contributed by atoms with Gasteiger partial charge < -0.3 is 10.1 Å². The molecule has 99 valence electrons. The average Bonchev–Trinajstić information content (AvgIpc) is 3.08. The predicted octanol–water partition coefficient (Wildman–Crippen LogP) is 2.02. The second-order valence-corrected chi connectivity index (χ2v) is 4.96. The SMILES string of the molecule is Cn1cc(-c2c[c]cc(OC[C@H]3CCCN3)c2)cn1. The van der Waals surface area contributed by atoms with Gasteiger partial charge in [0.2, 0.25) is 0 Å². The Bertz CT molecular complexity index is 544. The number of ether oxygens (including phenoxy) is 1. The number of aryl methyl sites for hydroxylation is 1. The third kappa shape index (κ3) is 2.96. The zero-order chi connectivity index (χ0) is 13.1. The Kier molecular flexibility index (Phi) is 3.51. The molecule has 3 rings (SSSR count). The monoisotopic (exact) mass is 256 g/mol. The smallest absolute Gasteiger partial charge is 0.120 e. The van der Waals surface area contributed by atoms with Gasteiger partial charge in [-0.2, -0.15) is 5.10 Å². The highest BCUT2D eigenvalue weighted by atomic mass is 16.5. The van der Waals surface area contributed by atoms with E-state index in [1.807, 2.05) is 37.6 Å². The molecule has 0 amide bonds. The van der Waals surface area contributed by atoms with Gasteiger partial charge in [0, 0.05) is 24.8 Å². The van der Waals surface area contributed by atoms with Crippen LogP contribution in [0.3, 0.4) is 0 Å². The summed E-state index contributed by atoms with van der Waals surface area (Å²) in [6.45, 7) is 1.83. The fourth-order valence-electron chi connectivity index (χ4n) is 2.37. The van der Waals surface area contributed by atoms with E-state index in [0.29, 0.717) is 6.04 Å². The molecule has 1 N–H and O–H groups in total. The number of hydrogen-bond donors (Lipinski definition) is 1. The highest BCUT2D eigenvalue weighted by Gasteiger charge is 2.14. The number of hydrogen-bond acceptors (Lipinski definition) is 3. The lowest BCUT2D eigenvalue weighted by atomic mass is 10.1. The molecule has 1 radical (unpaired) electrons. The second kappa shape index (κ2) is 5.45. The van der Waals surface area contributed by atoms with Crippen molar-refractivity contribution in [3.63, 3.8) is 0 Å². The molecule has 2 aromatic rings. The maximum Gasteiger partial charge on any atom is 0.120 e. The Hall–Kier alpha value is -1.81. The van der Waals surface area contributed by atoms with Gasteiger partial charge in [-0.05, 0) is 49.2 Å². The van der Waals surface area contributed by atoms with Crippen LogP contribution in [0.1, 0.15) is 12.8 Å². The number of benzene rings is 1. The number of aromatic nitrogens is 2. The summed E-state index contributed by atoms with van der Waals surface area (Å²) in [6, 6.07) is 9.50. The first-order chi connectivity index (χ1) is 9.31. The van der Waals surface area contributed by atoms with Crippen LogP contribution in [0.2, 0.25) is 0 Å². The third-order valence-corrected chi connectivity index (χ3v) is 3.41. The van der Waals surface area contributed by atoms with E-state index >= 15 is 0 Å². The Morgan fingerprint density at radius 2 is 2.42 bits per heavy atom. The zero-order valence-corrected chi connectivity index (χ0v) is 11.1. The lowest BCUT2D eigenvalue weighted by Gasteiger charge is -2.12. The van der Waals surface area contributed by atoms with Crippen molar-refractivity contribution in [1.29, 1.82) is 0 Å². The third-order valence-electron chi connectivity index (χ3n) is 3.41. The van der Waals surface area contributed by atoms with Crippen molar-refractivity contribution in [1.82, 2.24) is 15.1 Å². The Morgan fingerprint density at radius 1 is 1.47 bits per heavy atom. The summed E-state index contributed by atoms with van der Waals surface area (Å²) in [7, 11) is 1.92. The van der Waals surface area contributed by atoms with E-state index in [1.54, 1.807) is 4.68 Å². The molecule has 1 aliphatic rings. The summed E-state index contributed by atoms with van der Waals surface area (Å²) in [5, 5.41) is 7.61. The van der Waals surface area contributed by atoms with Crippen LogP contribution in [0.5, 0.6) is 5.75 Å². The van der Waals surface area contributed by atoms with Crippen LogP contribution < -0.4 is 10.1 Å². The molecule has 1 atom stereocenters. The predicted molar refractivity (Wildman–Crippen MR) is 74.0 cm³/mol. The maximum atomic E-state index is 5.84. The first-order valence-corrected chi connectivity index (χ1v) is 6.67. The van der Waals surface area contributed by atoms with Crippen molar-refractivity contribution >= 4 is 0 Å². The highest BCUT2D eigenvalue weighted by molar-refractivity contribution is 5.63. The van der Waals surface area contributed by atoms with Crippen LogP contribution in [0.15, 0.2) is 30.6 Å². The summed E-state index contributed by atoms with van der Waals surface area (Å²) < 4.78 is 7.63. The molecule has 0 unspecified atom stereocenters. The van der Waals surface area contributed by atoms with Crippen LogP contribution in [-0.2, 0) is 7.05 Å². The van der Waals surface area contributed by atoms with Gasteiger partial charge >= 0.3 is 0 Å². The van der Waals surface area contributed by atoms with Gasteiger partial charge in [-0.1, -0.05) is 0 Å². The van der Waals surface area contributed by atoms with Crippen molar-refractivity contribution in [2.45, 2.75) is 18.9 Å². The van der Waals surface area contributed by atoms with Gasteiger partial charge in [0.15, 0.2) is 0 Å². The van der Waals surface area contributed by atoms with E-state index in [2.05, 4.69) is 16.5 Å². The molecular formula is C15H18N3O. The molecule has 1 aromatic carbocycles. The van der Waals surface area contributed by atoms with E-state index in [1.165, 1.54) is 12.8 Å². The van der Waals surface area contributed by atoms with Crippen LogP contribution in [0, 0.1) is 6.07 Å². The molecule has 4 heteroatoms. The molecular weight excluding hydrogens is 238 g/mol. The molecule has 1 fully saturated rings. The molecule has 0 spiro atoms. The van der Waals surface area contributed by atoms with Gasteiger partial charge in [-0.25, -0.2) is 0 Å². The van der Waals surface area contributed by atoms with E-state index in [9.17, 15) is 0 Å². The maximum absolute atomic E-state index is 5.84. The number of rotatable bonds is 4. The Labute approximate surface area is 113 Å². The largest absolute Gasteiger partial charge is 0.492 e. The minimum atomic E-state index is 0.488. The molecule has 0 aliphatic carbocycles. The van der Waals surface area contributed by atoms with E-state index < -0.39 is 0 Å². The lowest BCUT2D eigenvalue weighted by Crippen LogP contribution is -2.28. The quantitative estimate of drug-likeness (QED) is 0.909. The van der Waals surface area contributed by atoms with E-state index in [4.69, 9.17) is 4.74 Å². The normalized spacial score (nSPS) is 18.7. The molecule has 0 saturated carbocycles. The fourth-order valence-corrected chi connectivity index (χ4v) is 2.37. The van der Waals surface area contributed by atoms with Crippen LogP contribution in [-0.4, -0.2) is 29.0 Å². The van der Waals surface area contributed by atoms with Crippen LogP contribution in [0.4, 0.5) is 0 Å². The molecule has 1 aromatic heterocycles. The van der Waals surface area contributed by atoms with Gasteiger partial charge in [0.05, 0.1) is 6.20 Å². The number of nitrogens with one attached hydrogen (secondary N) is 1. The summed E-state index contributed by atoms with van der Waals surface area (Å²) >= 11 is 0. The minimum Gasteiger partial charge on any atom is -0.492 e. The summed E-state index contributed by atoms with van der Waals surface area (Å²) in [4.78, 5) is 0. The Morgan fingerprint density at radius 3 is 3.16 bits per heavy atom.